The van der Waals surface area contributed by atoms with E-state index in [9.17, 15) is 0 Å². The van der Waals surface area contributed by atoms with E-state index < -0.39 is 0 Å². The van der Waals surface area contributed by atoms with Crippen LogP contribution in [0.25, 0.3) is 0 Å². The van der Waals surface area contributed by atoms with Crippen molar-refractivity contribution in [1.29, 1.82) is 5.26 Å². The molecular weight excluding hydrogens is 276 g/mol. The minimum atomic E-state index is 0.635. The van der Waals surface area contributed by atoms with E-state index in [0.717, 1.165) is 15.8 Å². The highest BCUT2D eigenvalue weighted by Gasteiger charge is 2.01. The van der Waals surface area contributed by atoms with Crippen LogP contribution in [0.2, 0.25) is 0 Å². The van der Waals surface area contributed by atoms with Crippen molar-refractivity contribution >= 4 is 27.3 Å². The number of nitriles is 1. The Morgan fingerprint density at radius 3 is 2.65 bits per heavy atom. The number of anilines is 2. The predicted octanol–water partition coefficient (Wildman–Crippen LogP) is 4.37. The van der Waals surface area contributed by atoms with Crippen LogP contribution in [0, 0.1) is 18.3 Å². The summed E-state index contributed by atoms with van der Waals surface area (Å²) in [6, 6.07) is 15.8. The Balaban J connectivity index is 2.34. The van der Waals surface area contributed by atoms with Gasteiger partial charge in [-0.3, -0.25) is 0 Å². The number of nitrogens with one attached hydrogen (secondary N) is 1. The van der Waals surface area contributed by atoms with Crippen LogP contribution in [0.3, 0.4) is 0 Å². The molecule has 0 aliphatic heterocycles. The summed E-state index contributed by atoms with van der Waals surface area (Å²) in [5.41, 5.74) is 3.76. The van der Waals surface area contributed by atoms with Crippen molar-refractivity contribution in [3.8, 4) is 6.07 Å². The molecule has 0 fully saturated rings. The fraction of sp³-hybridized carbons (Fsp3) is 0.0714. The van der Waals surface area contributed by atoms with E-state index in [2.05, 4.69) is 27.3 Å². The number of aryl methyl sites for hydroxylation is 1. The third-order valence-electron chi connectivity index (χ3n) is 2.45. The largest absolute Gasteiger partial charge is 0.355 e. The first-order valence-electron chi connectivity index (χ1n) is 5.22. The number of halogens is 1. The predicted molar refractivity (Wildman–Crippen MR) is 73.3 cm³/mol. The van der Waals surface area contributed by atoms with Gasteiger partial charge in [0.15, 0.2) is 0 Å². The van der Waals surface area contributed by atoms with Gasteiger partial charge in [-0.2, -0.15) is 5.26 Å². The lowest BCUT2D eigenvalue weighted by Gasteiger charge is -2.09. The van der Waals surface area contributed by atoms with Crippen LogP contribution in [0.4, 0.5) is 11.4 Å². The molecule has 0 spiro atoms. The zero-order chi connectivity index (χ0) is 12.3. The molecule has 0 amide bonds. The Morgan fingerprint density at radius 1 is 1.18 bits per heavy atom. The van der Waals surface area contributed by atoms with E-state index in [1.807, 2.05) is 43.3 Å². The van der Waals surface area contributed by atoms with Gasteiger partial charge in [-0.1, -0.05) is 34.1 Å². The molecule has 0 aromatic heterocycles. The second-order valence-electron chi connectivity index (χ2n) is 3.78. The second-order valence-corrected chi connectivity index (χ2v) is 4.70. The average molecular weight is 287 g/mol. The Labute approximate surface area is 109 Å². The summed E-state index contributed by atoms with van der Waals surface area (Å²) in [6.07, 6.45) is 0. The van der Waals surface area contributed by atoms with Gasteiger partial charge in [-0.15, -0.1) is 0 Å². The van der Waals surface area contributed by atoms with Gasteiger partial charge in [0.1, 0.15) is 0 Å². The molecule has 2 nitrogen and oxygen atoms in total. The van der Waals surface area contributed by atoms with Crippen molar-refractivity contribution in [2.24, 2.45) is 0 Å². The molecule has 2 aromatic rings. The molecule has 1 N–H and O–H groups in total. The number of nitrogens with zero attached hydrogens (tertiary/aromatic N) is 1. The van der Waals surface area contributed by atoms with E-state index in [1.54, 1.807) is 6.07 Å². The van der Waals surface area contributed by atoms with Crippen LogP contribution in [-0.4, -0.2) is 0 Å². The summed E-state index contributed by atoms with van der Waals surface area (Å²) in [6.45, 7) is 2.05. The maximum atomic E-state index is 8.91. The molecule has 84 valence electrons. The fourth-order valence-corrected chi connectivity index (χ4v) is 2.09. The van der Waals surface area contributed by atoms with E-state index >= 15 is 0 Å². The number of hydrogen-bond donors (Lipinski definition) is 1. The lowest BCUT2D eigenvalue weighted by molar-refractivity contribution is 1.42. The number of para-hydroxylation sites is 1. The number of benzene rings is 2. The molecule has 0 atom stereocenters. The molecule has 2 aromatic carbocycles. The lowest BCUT2D eigenvalue weighted by Crippen LogP contribution is -1.93. The van der Waals surface area contributed by atoms with Gasteiger partial charge in [0.05, 0.1) is 11.6 Å². The molecule has 0 bridgehead atoms. The Morgan fingerprint density at radius 2 is 1.94 bits per heavy atom. The monoisotopic (exact) mass is 286 g/mol. The summed E-state index contributed by atoms with van der Waals surface area (Å²) in [5, 5.41) is 12.2. The van der Waals surface area contributed by atoms with E-state index in [1.165, 1.54) is 5.56 Å². The lowest BCUT2D eigenvalue weighted by atomic mass is 10.1. The fourth-order valence-electron chi connectivity index (χ4n) is 1.60. The molecule has 17 heavy (non-hydrogen) atoms. The first kappa shape index (κ1) is 11.7. The zero-order valence-electron chi connectivity index (χ0n) is 9.37. The van der Waals surface area contributed by atoms with E-state index in [-0.39, 0.29) is 0 Å². The molecular formula is C14H11BrN2. The maximum absolute atomic E-state index is 8.91. The van der Waals surface area contributed by atoms with Crippen molar-refractivity contribution in [1.82, 2.24) is 0 Å². The van der Waals surface area contributed by atoms with Gasteiger partial charge >= 0.3 is 0 Å². The van der Waals surface area contributed by atoms with Crippen LogP contribution in [-0.2, 0) is 0 Å². The highest BCUT2D eigenvalue weighted by Crippen LogP contribution is 2.24. The number of hydrogen-bond acceptors (Lipinski definition) is 2. The van der Waals surface area contributed by atoms with Crippen molar-refractivity contribution in [3.63, 3.8) is 0 Å². The molecule has 2 rings (SSSR count). The topological polar surface area (TPSA) is 35.8 Å². The third kappa shape index (κ3) is 2.86. The van der Waals surface area contributed by atoms with Crippen LogP contribution >= 0.6 is 15.9 Å². The molecule has 3 heteroatoms. The average Bonchev–Trinajstić information content (AvgIpc) is 2.31. The van der Waals surface area contributed by atoms with Gasteiger partial charge in [-0.25, -0.2) is 0 Å². The molecule has 0 heterocycles. The molecule has 0 unspecified atom stereocenters. The molecule has 0 aliphatic rings. The van der Waals surface area contributed by atoms with E-state index in [4.69, 9.17) is 5.26 Å². The first-order valence-corrected chi connectivity index (χ1v) is 6.01. The summed E-state index contributed by atoms with van der Waals surface area (Å²) >= 11 is 3.39. The summed E-state index contributed by atoms with van der Waals surface area (Å²) < 4.78 is 0.896. The van der Waals surface area contributed by atoms with Crippen LogP contribution in [0.15, 0.2) is 46.9 Å². The minimum absolute atomic E-state index is 0.635. The molecule has 0 saturated heterocycles. The third-order valence-corrected chi connectivity index (χ3v) is 2.91. The van der Waals surface area contributed by atoms with Gasteiger partial charge in [0.25, 0.3) is 0 Å². The normalized spacial score (nSPS) is 9.71. The van der Waals surface area contributed by atoms with Crippen molar-refractivity contribution in [2.45, 2.75) is 6.92 Å². The quantitative estimate of drug-likeness (QED) is 0.890. The maximum Gasteiger partial charge on any atom is 0.0992 e. The van der Waals surface area contributed by atoms with Crippen LogP contribution in [0.5, 0.6) is 0 Å². The van der Waals surface area contributed by atoms with Crippen LogP contribution < -0.4 is 5.32 Å². The first-order chi connectivity index (χ1) is 8.19. The summed E-state index contributed by atoms with van der Waals surface area (Å²) in [7, 11) is 0. The molecule has 0 aliphatic carbocycles. The Bertz CT molecular complexity index is 585. The van der Waals surface area contributed by atoms with Crippen molar-refractivity contribution < 1.29 is 0 Å². The Hall–Kier alpha value is -1.79. The molecule has 0 saturated carbocycles. The van der Waals surface area contributed by atoms with Gasteiger partial charge in [-0.05, 0) is 36.8 Å². The second kappa shape index (κ2) is 5.03. The number of rotatable bonds is 2. The summed E-state index contributed by atoms with van der Waals surface area (Å²) in [4.78, 5) is 0. The van der Waals surface area contributed by atoms with Gasteiger partial charge < -0.3 is 5.32 Å². The Kier molecular flexibility index (Phi) is 3.46. The van der Waals surface area contributed by atoms with Crippen molar-refractivity contribution in [3.05, 3.63) is 58.1 Å². The van der Waals surface area contributed by atoms with E-state index in [0.29, 0.717) is 5.56 Å². The highest BCUT2D eigenvalue weighted by atomic mass is 79.9. The zero-order valence-corrected chi connectivity index (χ0v) is 11.0. The SMILES string of the molecule is Cc1ccccc1Nc1cc(Br)cc(C#N)c1. The standard InChI is InChI=1S/C14H11BrN2/c1-10-4-2-3-5-14(10)17-13-7-11(9-16)6-12(15)8-13/h2-8,17H,1H3. The van der Waals surface area contributed by atoms with Crippen LogP contribution in [0.1, 0.15) is 11.1 Å². The molecule has 0 radical (unpaired) electrons. The smallest absolute Gasteiger partial charge is 0.0992 e. The van der Waals surface area contributed by atoms with Gasteiger partial charge in [0, 0.05) is 15.8 Å². The summed E-state index contributed by atoms with van der Waals surface area (Å²) in [5.74, 6) is 0. The van der Waals surface area contributed by atoms with Crippen molar-refractivity contribution in [2.75, 3.05) is 5.32 Å². The van der Waals surface area contributed by atoms with Gasteiger partial charge in [0.2, 0.25) is 0 Å². The highest BCUT2D eigenvalue weighted by molar-refractivity contribution is 9.10. The minimum Gasteiger partial charge on any atom is -0.355 e.